The van der Waals surface area contributed by atoms with E-state index in [1.54, 1.807) is 21.3 Å². The van der Waals surface area contributed by atoms with Crippen LogP contribution in [0.1, 0.15) is 30.9 Å². The second-order valence-electron chi connectivity index (χ2n) is 4.31. The summed E-state index contributed by atoms with van der Waals surface area (Å²) >= 11 is 0. The first-order chi connectivity index (χ1) is 9.19. The van der Waals surface area contributed by atoms with Gasteiger partial charge < -0.3 is 25.7 Å². The van der Waals surface area contributed by atoms with Crippen LogP contribution in [0, 0.1) is 0 Å². The first-order valence-electron chi connectivity index (χ1n) is 6.44. The van der Waals surface area contributed by atoms with Crippen molar-refractivity contribution in [1.82, 2.24) is 0 Å². The molecule has 0 amide bonds. The molecule has 0 aliphatic rings. The molecular formula is C14H24N2O3. The molecule has 0 radical (unpaired) electrons. The fraction of sp³-hybridized carbons (Fsp3) is 0.571. The molecule has 0 aliphatic heterocycles. The molecule has 0 fully saturated rings. The second-order valence-corrected chi connectivity index (χ2v) is 4.31. The van der Waals surface area contributed by atoms with Crippen LogP contribution in [-0.4, -0.2) is 27.9 Å². The molecule has 0 bridgehead atoms. The molecule has 19 heavy (non-hydrogen) atoms. The smallest absolute Gasteiger partial charge is 0.203 e. The topological polar surface area (TPSA) is 79.7 Å². The Kier molecular flexibility index (Phi) is 6.45. The van der Waals surface area contributed by atoms with Crippen LogP contribution < -0.4 is 25.7 Å². The Morgan fingerprint density at radius 3 is 2.21 bits per heavy atom. The average molecular weight is 268 g/mol. The molecule has 108 valence electrons. The third kappa shape index (κ3) is 3.75. The zero-order chi connectivity index (χ0) is 14.3. The van der Waals surface area contributed by atoms with E-state index in [2.05, 4.69) is 0 Å². The summed E-state index contributed by atoms with van der Waals surface area (Å²) in [5.74, 6) is 1.86. The molecule has 0 unspecified atom stereocenters. The zero-order valence-corrected chi connectivity index (χ0v) is 11.9. The van der Waals surface area contributed by atoms with Crippen molar-refractivity contribution in [2.75, 3.05) is 27.9 Å². The highest BCUT2D eigenvalue weighted by Gasteiger charge is 2.19. The molecule has 0 spiro atoms. The third-order valence-corrected chi connectivity index (χ3v) is 3.10. The van der Waals surface area contributed by atoms with Gasteiger partial charge in [-0.25, -0.2) is 0 Å². The van der Waals surface area contributed by atoms with Crippen molar-refractivity contribution in [1.29, 1.82) is 0 Å². The number of unbranched alkanes of at least 4 members (excludes halogenated alkanes) is 1. The lowest BCUT2D eigenvalue weighted by atomic mass is 10.00. The molecule has 5 heteroatoms. The van der Waals surface area contributed by atoms with Crippen LogP contribution >= 0.6 is 0 Å². The van der Waals surface area contributed by atoms with Gasteiger partial charge in [-0.1, -0.05) is 6.42 Å². The summed E-state index contributed by atoms with van der Waals surface area (Å²) in [6.45, 7) is 0.690. The van der Waals surface area contributed by atoms with Gasteiger partial charge in [0.25, 0.3) is 0 Å². The lowest BCUT2D eigenvalue weighted by Crippen LogP contribution is -2.13. The fourth-order valence-electron chi connectivity index (χ4n) is 2.08. The minimum atomic E-state index is -0.0960. The molecule has 0 saturated carbocycles. The second kappa shape index (κ2) is 7.86. The van der Waals surface area contributed by atoms with E-state index < -0.39 is 0 Å². The Labute approximate surface area is 114 Å². The van der Waals surface area contributed by atoms with Crippen molar-refractivity contribution < 1.29 is 14.2 Å². The van der Waals surface area contributed by atoms with Gasteiger partial charge in [0.2, 0.25) is 5.75 Å². The Bertz CT molecular complexity index is 397. The summed E-state index contributed by atoms with van der Waals surface area (Å²) in [7, 11) is 4.79. The predicted octanol–water partition coefficient (Wildman–Crippen LogP) is 1.84. The largest absolute Gasteiger partial charge is 0.493 e. The minimum absolute atomic E-state index is 0.0960. The van der Waals surface area contributed by atoms with Gasteiger partial charge in [0.1, 0.15) is 0 Å². The van der Waals surface area contributed by atoms with Gasteiger partial charge in [0.15, 0.2) is 11.5 Å². The summed E-state index contributed by atoms with van der Waals surface area (Å²) in [5, 5.41) is 0. The predicted molar refractivity (Wildman–Crippen MR) is 75.9 cm³/mol. The van der Waals surface area contributed by atoms with Gasteiger partial charge >= 0.3 is 0 Å². The Morgan fingerprint density at radius 1 is 1.00 bits per heavy atom. The van der Waals surface area contributed by atoms with E-state index in [0.29, 0.717) is 23.8 Å². The fourth-order valence-corrected chi connectivity index (χ4v) is 2.08. The third-order valence-electron chi connectivity index (χ3n) is 3.10. The van der Waals surface area contributed by atoms with Crippen LogP contribution in [0.4, 0.5) is 0 Å². The Hall–Kier alpha value is -1.46. The van der Waals surface area contributed by atoms with E-state index in [-0.39, 0.29) is 6.04 Å². The number of nitrogens with two attached hydrogens (primary N) is 2. The molecule has 1 rings (SSSR count). The summed E-state index contributed by atoms with van der Waals surface area (Å²) in [6, 6.07) is 3.67. The zero-order valence-electron chi connectivity index (χ0n) is 11.9. The van der Waals surface area contributed by atoms with Gasteiger partial charge in [-0.15, -0.1) is 0 Å². The Balaban J connectivity index is 2.99. The van der Waals surface area contributed by atoms with Crippen LogP contribution in [-0.2, 0) is 0 Å². The van der Waals surface area contributed by atoms with Crippen molar-refractivity contribution in [3.05, 3.63) is 17.7 Å². The van der Waals surface area contributed by atoms with E-state index in [9.17, 15) is 0 Å². The maximum Gasteiger partial charge on any atom is 0.203 e. The molecule has 1 atom stereocenters. The highest BCUT2D eigenvalue weighted by Crippen LogP contribution is 2.42. The molecule has 0 aliphatic carbocycles. The van der Waals surface area contributed by atoms with Crippen molar-refractivity contribution >= 4 is 0 Å². The molecule has 1 aromatic rings. The first kappa shape index (κ1) is 15.6. The SMILES string of the molecule is COc1ccc([C@@H](N)CCCCN)c(OC)c1OC. The Morgan fingerprint density at radius 2 is 1.68 bits per heavy atom. The standard InChI is InChI=1S/C14H24N2O3/c1-17-12-8-7-10(11(16)6-4-5-9-15)13(18-2)14(12)19-3/h7-8,11H,4-6,9,15-16H2,1-3H3/t11-/m0/s1. The van der Waals surface area contributed by atoms with Crippen LogP contribution in [0.25, 0.3) is 0 Å². The quantitative estimate of drug-likeness (QED) is 0.703. The molecule has 0 saturated heterocycles. The van der Waals surface area contributed by atoms with E-state index in [4.69, 9.17) is 25.7 Å². The van der Waals surface area contributed by atoms with Crippen LogP contribution in [0.2, 0.25) is 0 Å². The number of ether oxygens (including phenoxy) is 3. The molecule has 0 aromatic heterocycles. The molecule has 5 nitrogen and oxygen atoms in total. The maximum atomic E-state index is 6.21. The van der Waals surface area contributed by atoms with Crippen molar-refractivity contribution in [2.24, 2.45) is 11.5 Å². The monoisotopic (exact) mass is 268 g/mol. The van der Waals surface area contributed by atoms with Gasteiger partial charge in [-0.2, -0.15) is 0 Å². The van der Waals surface area contributed by atoms with Crippen LogP contribution in [0.5, 0.6) is 17.2 Å². The maximum absolute atomic E-state index is 6.21. The molecule has 1 aromatic carbocycles. The number of benzene rings is 1. The van der Waals surface area contributed by atoms with Gasteiger partial charge in [-0.3, -0.25) is 0 Å². The molecule has 0 heterocycles. The molecular weight excluding hydrogens is 244 g/mol. The highest BCUT2D eigenvalue weighted by atomic mass is 16.5. The van der Waals surface area contributed by atoms with Crippen LogP contribution in [0.3, 0.4) is 0 Å². The minimum Gasteiger partial charge on any atom is -0.493 e. The lowest BCUT2D eigenvalue weighted by Gasteiger charge is -2.19. The number of hydrogen-bond acceptors (Lipinski definition) is 5. The number of hydrogen-bond donors (Lipinski definition) is 2. The number of methoxy groups -OCH3 is 3. The summed E-state index contributed by atoms with van der Waals surface area (Å²) in [6.07, 6.45) is 2.83. The normalized spacial score (nSPS) is 12.1. The van der Waals surface area contributed by atoms with Gasteiger partial charge in [0.05, 0.1) is 21.3 Å². The van der Waals surface area contributed by atoms with Crippen LogP contribution in [0.15, 0.2) is 12.1 Å². The van der Waals surface area contributed by atoms with Crippen molar-refractivity contribution in [2.45, 2.75) is 25.3 Å². The van der Waals surface area contributed by atoms with E-state index in [1.807, 2.05) is 12.1 Å². The lowest BCUT2D eigenvalue weighted by molar-refractivity contribution is 0.320. The average Bonchev–Trinajstić information content (AvgIpc) is 2.45. The highest BCUT2D eigenvalue weighted by molar-refractivity contribution is 5.56. The summed E-state index contributed by atoms with van der Waals surface area (Å²) in [5.41, 5.74) is 12.6. The number of rotatable bonds is 8. The van der Waals surface area contributed by atoms with Gasteiger partial charge in [0, 0.05) is 11.6 Å². The summed E-state index contributed by atoms with van der Waals surface area (Å²) in [4.78, 5) is 0. The molecule has 4 N–H and O–H groups in total. The van der Waals surface area contributed by atoms with Crippen molar-refractivity contribution in [3.63, 3.8) is 0 Å². The first-order valence-corrected chi connectivity index (χ1v) is 6.44. The van der Waals surface area contributed by atoms with E-state index in [1.165, 1.54) is 0 Å². The summed E-state index contributed by atoms with van der Waals surface area (Å²) < 4.78 is 16.0. The van der Waals surface area contributed by atoms with E-state index in [0.717, 1.165) is 24.8 Å². The van der Waals surface area contributed by atoms with Gasteiger partial charge in [-0.05, 0) is 31.5 Å². The van der Waals surface area contributed by atoms with Crippen molar-refractivity contribution in [3.8, 4) is 17.2 Å². The van der Waals surface area contributed by atoms with E-state index >= 15 is 0 Å².